The molecule has 0 saturated carbocycles. The Bertz CT molecular complexity index is 284. The van der Waals surface area contributed by atoms with Gasteiger partial charge in [-0.1, -0.05) is 18.2 Å². The number of rotatable bonds is 2. The summed E-state index contributed by atoms with van der Waals surface area (Å²) in [6, 6.07) is 7.52. The molecule has 0 N–H and O–H groups in total. The van der Waals surface area contributed by atoms with Crippen LogP contribution in [-0.4, -0.2) is 5.97 Å². The molecule has 2 nitrogen and oxygen atoms in total. The van der Waals surface area contributed by atoms with Crippen LogP contribution in [0.4, 0.5) is 0 Å². The molecular weight excluding hydrogens is 172 g/mol. The highest BCUT2D eigenvalue weighted by molar-refractivity contribution is 7.80. The van der Waals surface area contributed by atoms with Gasteiger partial charge in [0, 0.05) is 17.4 Å². The van der Waals surface area contributed by atoms with Crippen LogP contribution in [0.3, 0.4) is 0 Å². The van der Waals surface area contributed by atoms with Crippen LogP contribution in [0.25, 0.3) is 0 Å². The molecule has 3 heteroatoms. The van der Waals surface area contributed by atoms with Gasteiger partial charge < -0.3 is 4.74 Å². The molecule has 1 aromatic carbocycles. The minimum atomic E-state index is -0.272. The first-order valence-corrected chi connectivity index (χ1v) is 4.05. The molecule has 1 aromatic rings. The number of hydrogen-bond donors (Lipinski definition) is 1. The van der Waals surface area contributed by atoms with Crippen LogP contribution >= 0.6 is 12.6 Å². The van der Waals surface area contributed by atoms with Crippen LogP contribution in [0.2, 0.25) is 0 Å². The van der Waals surface area contributed by atoms with Gasteiger partial charge in [0.15, 0.2) is 0 Å². The first-order chi connectivity index (χ1) is 5.70. The van der Waals surface area contributed by atoms with Crippen molar-refractivity contribution in [1.29, 1.82) is 0 Å². The van der Waals surface area contributed by atoms with E-state index >= 15 is 0 Å². The summed E-state index contributed by atoms with van der Waals surface area (Å²) < 4.78 is 4.82. The summed E-state index contributed by atoms with van der Waals surface area (Å²) in [4.78, 5) is 11.3. The maximum absolute atomic E-state index is 10.5. The topological polar surface area (TPSA) is 26.3 Å². The predicted octanol–water partition coefficient (Wildman–Crippen LogP) is 2.04. The van der Waals surface area contributed by atoms with E-state index in [0.29, 0.717) is 6.61 Å². The highest BCUT2D eigenvalue weighted by Crippen LogP contribution is 2.13. The van der Waals surface area contributed by atoms with Gasteiger partial charge in [0.05, 0.1) is 0 Å². The van der Waals surface area contributed by atoms with Crippen LogP contribution in [0.15, 0.2) is 29.2 Å². The lowest BCUT2D eigenvalue weighted by Gasteiger charge is -2.03. The minimum Gasteiger partial charge on any atom is -0.461 e. The van der Waals surface area contributed by atoms with Gasteiger partial charge in [0.25, 0.3) is 0 Å². The molecule has 0 aliphatic rings. The molecule has 0 aromatic heterocycles. The maximum atomic E-state index is 10.5. The number of esters is 1. The Morgan fingerprint density at radius 2 is 2.17 bits per heavy atom. The van der Waals surface area contributed by atoms with Crippen molar-refractivity contribution in [3.05, 3.63) is 29.8 Å². The second-order valence-corrected chi connectivity index (χ2v) is 2.89. The van der Waals surface area contributed by atoms with Crippen LogP contribution in [0.5, 0.6) is 0 Å². The van der Waals surface area contributed by atoms with E-state index < -0.39 is 0 Å². The Balaban J connectivity index is 2.63. The van der Waals surface area contributed by atoms with Crippen molar-refractivity contribution in [3.63, 3.8) is 0 Å². The van der Waals surface area contributed by atoms with Gasteiger partial charge in [-0.15, -0.1) is 12.6 Å². The zero-order chi connectivity index (χ0) is 8.97. The summed E-state index contributed by atoms with van der Waals surface area (Å²) in [6.45, 7) is 1.69. The molecule has 0 bridgehead atoms. The third-order valence-corrected chi connectivity index (χ3v) is 1.86. The molecule has 0 aliphatic heterocycles. The van der Waals surface area contributed by atoms with E-state index in [1.807, 2.05) is 24.3 Å². The van der Waals surface area contributed by atoms with E-state index in [4.69, 9.17) is 4.74 Å². The zero-order valence-corrected chi connectivity index (χ0v) is 7.67. The van der Waals surface area contributed by atoms with Crippen molar-refractivity contribution in [3.8, 4) is 0 Å². The third-order valence-electron chi connectivity index (χ3n) is 1.42. The lowest BCUT2D eigenvalue weighted by atomic mass is 10.2. The number of benzene rings is 1. The molecule has 12 heavy (non-hydrogen) atoms. The first kappa shape index (κ1) is 9.13. The Morgan fingerprint density at radius 1 is 1.50 bits per heavy atom. The fraction of sp³-hybridized carbons (Fsp3) is 0.222. The summed E-state index contributed by atoms with van der Waals surface area (Å²) in [5.74, 6) is -0.272. The number of ether oxygens (including phenoxy) is 1. The molecule has 0 heterocycles. The summed E-state index contributed by atoms with van der Waals surface area (Å²) in [5.41, 5.74) is 0.927. The largest absolute Gasteiger partial charge is 0.461 e. The van der Waals surface area contributed by atoms with E-state index in [2.05, 4.69) is 12.6 Å². The molecule has 0 saturated heterocycles. The molecule has 0 atom stereocenters. The van der Waals surface area contributed by atoms with Gasteiger partial charge in [-0.25, -0.2) is 0 Å². The normalized spacial score (nSPS) is 9.50. The highest BCUT2D eigenvalue weighted by atomic mass is 32.1. The summed E-state index contributed by atoms with van der Waals surface area (Å²) >= 11 is 4.21. The average Bonchev–Trinajstić information content (AvgIpc) is 2.03. The molecule has 64 valence electrons. The van der Waals surface area contributed by atoms with Gasteiger partial charge in [-0.3, -0.25) is 4.79 Å². The Labute approximate surface area is 77.0 Å². The summed E-state index contributed by atoms with van der Waals surface area (Å²) in [7, 11) is 0. The second-order valence-electron chi connectivity index (χ2n) is 2.41. The van der Waals surface area contributed by atoms with Gasteiger partial charge in [0.1, 0.15) is 6.61 Å². The molecule has 0 spiro atoms. The van der Waals surface area contributed by atoms with E-state index in [1.165, 1.54) is 6.92 Å². The molecule has 0 aliphatic carbocycles. The average molecular weight is 182 g/mol. The van der Waals surface area contributed by atoms with Gasteiger partial charge in [0.2, 0.25) is 0 Å². The van der Waals surface area contributed by atoms with E-state index in [-0.39, 0.29) is 5.97 Å². The Kier molecular flexibility index (Phi) is 3.17. The molecule has 0 fully saturated rings. The monoisotopic (exact) mass is 182 g/mol. The van der Waals surface area contributed by atoms with Crippen molar-refractivity contribution >= 4 is 18.6 Å². The molecule has 0 radical (unpaired) electrons. The van der Waals surface area contributed by atoms with Crippen LogP contribution < -0.4 is 0 Å². The smallest absolute Gasteiger partial charge is 0.302 e. The van der Waals surface area contributed by atoms with E-state index in [9.17, 15) is 4.79 Å². The predicted molar refractivity (Wildman–Crippen MR) is 49.2 cm³/mol. The van der Waals surface area contributed by atoms with Crippen LogP contribution in [0.1, 0.15) is 12.5 Å². The fourth-order valence-electron chi connectivity index (χ4n) is 0.812. The zero-order valence-electron chi connectivity index (χ0n) is 6.78. The fourth-order valence-corrected chi connectivity index (χ4v) is 1.04. The number of carbonyl (C=O) groups excluding carboxylic acids is 1. The Hall–Kier alpha value is -0.960. The first-order valence-electron chi connectivity index (χ1n) is 3.60. The third kappa shape index (κ3) is 2.58. The number of hydrogen-bond acceptors (Lipinski definition) is 3. The van der Waals surface area contributed by atoms with Crippen molar-refractivity contribution in [2.75, 3.05) is 0 Å². The van der Waals surface area contributed by atoms with Gasteiger partial charge in [-0.05, 0) is 6.07 Å². The lowest BCUT2D eigenvalue weighted by molar-refractivity contribution is -0.142. The number of carbonyl (C=O) groups is 1. The molecule has 0 unspecified atom stereocenters. The van der Waals surface area contributed by atoms with Crippen molar-refractivity contribution in [1.82, 2.24) is 0 Å². The van der Waals surface area contributed by atoms with Gasteiger partial charge in [-0.2, -0.15) is 0 Å². The highest BCUT2D eigenvalue weighted by Gasteiger charge is 1.98. The van der Waals surface area contributed by atoms with Crippen molar-refractivity contribution in [2.45, 2.75) is 18.4 Å². The van der Waals surface area contributed by atoms with E-state index in [0.717, 1.165) is 10.5 Å². The quantitative estimate of drug-likeness (QED) is 0.559. The lowest BCUT2D eigenvalue weighted by Crippen LogP contribution is -1.99. The number of thiol groups is 1. The Morgan fingerprint density at radius 3 is 2.75 bits per heavy atom. The van der Waals surface area contributed by atoms with Crippen molar-refractivity contribution < 1.29 is 9.53 Å². The molecule has 0 amide bonds. The summed E-state index contributed by atoms with van der Waals surface area (Å²) in [5, 5.41) is 0. The van der Waals surface area contributed by atoms with Gasteiger partial charge >= 0.3 is 5.97 Å². The van der Waals surface area contributed by atoms with Crippen LogP contribution in [-0.2, 0) is 16.1 Å². The van der Waals surface area contributed by atoms with Crippen molar-refractivity contribution in [2.24, 2.45) is 0 Å². The maximum Gasteiger partial charge on any atom is 0.302 e. The van der Waals surface area contributed by atoms with E-state index in [1.54, 1.807) is 0 Å². The SMILES string of the molecule is CC(=O)OCc1ccccc1S. The van der Waals surface area contributed by atoms with Crippen LogP contribution in [0, 0.1) is 0 Å². The summed E-state index contributed by atoms with van der Waals surface area (Å²) in [6.07, 6.45) is 0. The molecule has 1 rings (SSSR count). The minimum absolute atomic E-state index is 0.272. The second kappa shape index (κ2) is 4.16. The molecular formula is C9H10O2S. The standard InChI is InChI=1S/C9H10O2S/c1-7(10)11-6-8-4-2-3-5-9(8)12/h2-5,12H,6H2,1H3.